The first-order chi connectivity index (χ1) is 20.6. The lowest BCUT2D eigenvalue weighted by molar-refractivity contribution is 0.795. The maximum atomic E-state index is 4.54. The van der Waals surface area contributed by atoms with E-state index in [0.717, 1.165) is 63.5 Å². The lowest BCUT2D eigenvalue weighted by Crippen LogP contribution is -2.15. The van der Waals surface area contributed by atoms with Gasteiger partial charge in [0, 0.05) is 30.1 Å². The Labute approximate surface area is 247 Å². The lowest BCUT2D eigenvalue weighted by Gasteiger charge is -2.16. The summed E-state index contributed by atoms with van der Waals surface area (Å²) >= 11 is 0. The molecule has 0 spiro atoms. The van der Waals surface area contributed by atoms with Crippen molar-refractivity contribution < 1.29 is 0 Å². The number of hydrogen-bond acceptors (Lipinski definition) is 7. The number of nitrogens with zero attached hydrogens (tertiary/aromatic N) is 7. The van der Waals surface area contributed by atoms with Gasteiger partial charge in [0.1, 0.15) is 0 Å². The van der Waals surface area contributed by atoms with Crippen molar-refractivity contribution in [2.75, 3.05) is 18.5 Å². The van der Waals surface area contributed by atoms with E-state index in [1.807, 2.05) is 84.9 Å². The Kier molecular flexibility index (Phi) is 9.52. The zero-order valence-electron chi connectivity index (χ0n) is 24.4. The molecule has 0 aliphatic rings. The lowest BCUT2D eigenvalue weighted by atomic mass is 10.1. The van der Waals surface area contributed by atoms with E-state index >= 15 is 0 Å². The molecule has 5 aromatic carbocycles. The van der Waals surface area contributed by atoms with E-state index < -0.39 is 0 Å². The first-order valence-electron chi connectivity index (χ1n) is 14.4. The van der Waals surface area contributed by atoms with Crippen LogP contribution in [0.15, 0.2) is 140 Å². The molecule has 0 aromatic heterocycles. The van der Waals surface area contributed by atoms with Gasteiger partial charge >= 0.3 is 0 Å². The molecular weight excluding hydrogens is 518 g/mol. The van der Waals surface area contributed by atoms with Crippen LogP contribution in [0.1, 0.15) is 32.3 Å². The van der Waals surface area contributed by atoms with Crippen LogP contribution in [0.2, 0.25) is 0 Å². The summed E-state index contributed by atoms with van der Waals surface area (Å²) in [5.41, 5.74) is 7.17. The second kappa shape index (κ2) is 14.0. The second-order valence-electron chi connectivity index (χ2n) is 10.1. The van der Waals surface area contributed by atoms with Gasteiger partial charge in [0.05, 0.1) is 34.1 Å². The third-order valence-corrected chi connectivity index (χ3v) is 7.08. The molecule has 0 N–H and O–H groups in total. The summed E-state index contributed by atoms with van der Waals surface area (Å²) in [5.74, 6) is 0. The summed E-state index contributed by atoms with van der Waals surface area (Å²) in [5, 5.41) is 28.7. The highest BCUT2D eigenvalue weighted by molar-refractivity contribution is 5.99. The van der Waals surface area contributed by atoms with Gasteiger partial charge in [-0.25, -0.2) is 0 Å². The third-order valence-electron chi connectivity index (χ3n) is 7.08. The van der Waals surface area contributed by atoms with Crippen LogP contribution in [0.25, 0.3) is 10.8 Å². The number of azo groups is 3. The maximum Gasteiger partial charge on any atom is 0.0936 e. The average Bonchev–Trinajstić information content (AvgIpc) is 3.05. The minimum Gasteiger partial charge on any atom is -0.375 e. The molecule has 42 heavy (non-hydrogen) atoms. The Morgan fingerprint density at radius 3 is 1.38 bits per heavy atom. The summed E-state index contributed by atoms with van der Waals surface area (Å²) in [6, 6.07) is 35.8. The topological polar surface area (TPSA) is 77.4 Å². The van der Waals surface area contributed by atoms with Gasteiger partial charge in [0.15, 0.2) is 0 Å². The van der Waals surface area contributed by atoms with E-state index in [1.54, 1.807) is 0 Å². The number of aryl methyl sites for hydroxylation is 1. The summed E-state index contributed by atoms with van der Waals surface area (Å²) in [7, 11) is 2.07. The summed E-state index contributed by atoms with van der Waals surface area (Å²) in [6.07, 6.45) is 3.49. The van der Waals surface area contributed by atoms with Crippen molar-refractivity contribution in [2.24, 2.45) is 30.7 Å². The molecule has 0 aliphatic heterocycles. The monoisotopic (exact) mass is 553 g/mol. The van der Waals surface area contributed by atoms with Gasteiger partial charge in [0.2, 0.25) is 0 Å². The highest BCUT2D eigenvalue weighted by Gasteiger charge is 2.06. The van der Waals surface area contributed by atoms with Gasteiger partial charge in [-0.1, -0.05) is 49.7 Å². The van der Waals surface area contributed by atoms with E-state index in [0.29, 0.717) is 0 Å². The number of unbranched alkanes of at least 4 members (excludes halogenated alkanes) is 1. The second-order valence-corrected chi connectivity index (χ2v) is 10.1. The number of benzene rings is 5. The van der Waals surface area contributed by atoms with E-state index in [1.165, 1.54) is 18.4 Å². The standard InChI is InChI=1S/C35H35N7/c1-4-6-9-26-12-14-27(15-13-26)36-37-28-16-18-29(19-17-28)38-40-34-24-25-35(33-11-8-7-10-32(33)34)41-39-30-20-22-31(23-21-30)42(3)5-2/h7-8,10-25H,4-6,9H2,1-3H3. The first-order valence-corrected chi connectivity index (χ1v) is 14.4. The van der Waals surface area contributed by atoms with Gasteiger partial charge in [-0.15, -0.1) is 10.2 Å². The fraction of sp³-hybridized carbons (Fsp3) is 0.200. The molecule has 210 valence electrons. The van der Waals surface area contributed by atoms with Gasteiger partial charge in [-0.3, -0.25) is 0 Å². The molecule has 0 bridgehead atoms. The minimum absolute atomic E-state index is 0.735. The van der Waals surface area contributed by atoms with Crippen LogP contribution in [0.3, 0.4) is 0 Å². The van der Waals surface area contributed by atoms with Crippen molar-refractivity contribution >= 4 is 50.6 Å². The molecule has 0 atom stereocenters. The zero-order valence-corrected chi connectivity index (χ0v) is 24.4. The zero-order chi connectivity index (χ0) is 29.1. The largest absolute Gasteiger partial charge is 0.375 e. The van der Waals surface area contributed by atoms with Gasteiger partial charge in [-0.2, -0.15) is 20.5 Å². The van der Waals surface area contributed by atoms with Crippen LogP contribution in [0.5, 0.6) is 0 Å². The van der Waals surface area contributed by atoms with Gasteiger partial charge in [0.25, 0.3) is 0 Å². The minimum atomic E-state index is 0.735. The molecule has 5 rings (SSSR count). The summed E-state index contributed by atoms with van der Waals surface area (Å²) < 4.78 is 0. The van der Waals surface area contributed by atoms with Crippen molar-refractivity contribution in [1.29, 1.82) is 0 Å². The summed E-state index contributed by atoms with van der Waals surface area (Å²) in [4.78, 5) is 2.18. The van der Waals surface area contributed by atoms with Crippen molar-refractivity contribution in [3.8, 4) is 0 Å². The van der Waals surface area contributed by atoms with Crippen molar-refractivity contribution in [3.05, 3.63) is 115 Å². The van der Waals surface area contributed by atoms with Crippen LogP contribution < -0.4 is 4.90 Å². The number of fused-ring (bicyclic) bond motifs is 1. The normalized spacial score (nSPS) is 11.8. The number of hydrogen-bond donors (Lipinski definition) is 0. The van der Waals surface area contributed by atoms with Crippen LogP contribution in [0.4, 0.5) is 39.8 Å². The van der Waals surface area contributed by atoms with Gasteiger partial charge in [-0.05, 0) is 98.1 Å². The molecule has 7 heteroatoms. The SMILES string of the molecule is CCCCc1ccc(N=Nc2ccc(N=Nc3ccc(N=Nc4ccc(N(C)CC)cc4)c4ccccc34)cc2)cc1. The Bertz CT molecular complexity index is 1690. The molecule has 0 saturated carbocycles. The average molecular weight is 554 g/mol. The first kappa shape index (κ1) is 28.5. The Morgan fingerprint density at radius 1 is 0.500 bits per heavy atom. The molecule has 0 heterocycles. The van der Waals surface area contributed by atoms with E-state index in [2.05, 4.69) is 80.7 Å². The van der Waals surface area contributed by atoms with Crippen molar-refractivity contribution in [3.63, 3.8) is 0 Å². The molecule has 5 aromatic rings. The molecule has 0 fully saturated rings. The predicted octanol–water partition coefficient (Wildman–Crippen LogP) is 11.9. The Morgan fingerprint density at radius 2 is 0.929 bits per heavy atom. The van der Waals surface area contributed by atoms with E-state index in [-0.39, 0.29) is 0 Å². The fourth-order valence-corrected chi connectivity index (χ4v) is 4.43. The van der Waals surface area contributed by atoms with Crippen LogP contribution >= 0.6 is 0 Å². The molecule has 0 saturated heterocycles. The summed E-state index contributed by atoms with van der Waals surface area (Å²) in [6.45, 7) is 5.28. The highest BCUT2D eigenvalue weighted by atomic mass is 15.1. The molecule has 0 aliphatic carbocycles. The predicted molar refractivity (Wildman–Crippen MR) is 173 cm³/mol. The van der Waals surface area contributed by atoms with Crippen molar-refractivity contribution in [2.45, 2.75) is 33.1 Å². The smallest absolute Gasteiger partial charge is 0.0936 e. The number of rotatable bonds is 11. The maximum absolute atomic E-state index is 4.54. The van der Waals surface area contributed by atoms with Crippen molar-refractivity contribution in [1.82, 2.24) is 0 Å². The number of anilines is 1. The van der Waals surface area contributed by atoms with Crippen LogP contribution in [-0.4, -0.2) is 13.6 Å². The fourth-order valence-electron chi connectivity index (χ4n) is 4.43. The molecule has 7 nitrogen and oxygen atoms in total. The Hall–Kier alpha value is -5.04. The third kappa shape index (κ3) is 7.37. The van der Waals surface area contributed by atoms with Crippen LogP contribution in [-0.2, 0) is 6.42 Å². The molecule has 0 radical (unpaired) electrons. The van der Waals surface area contributed by atoms with Gasteiger partial charge < -0.3 is 4.90 Å². The highest BCUT2D eigenvalue weighted by Crippen LogP contribution is 2.35. The van der Waals surface area contributed by atoms with E-state index in [9.17, 15) is 0 Å². The Balaban J connectivity index is 1.27. The molecule has 0 unspecified atom stereocenters. The quantitative estimate of drug-likeness (QED) is 0.150. The van der Waals surface area contributed by atoms with Crippen LogP contribution in [0, 0.1) is 0 Å². The molecule has 0 amide bonds. The van der Waals surface area contributed by atoms with E-state index in [4.69, 9.17) is 0 Å². The molecular formula is C35H35N7.